The number of carbonyl (C=O) groups is 1. The molecule has 5 nitrogen and oxygen atoms in total. The Morgan fingerprint density at radius 1 is 1.15 bits per heavy atom. The first-order valence-corrected chi connectivity index (χ1v) is 8.34. The van der Waals surface area contributed by atoms with Gasteiger partial charge in [0.15, 0.2) is 11.6 Å². The summed E-state index contributed by atoms with van der Waals surface area (Å²) < 4.78 is 24.0. The normalized spacial score (nSPS) is 10.5. The summed E-state index contributed by atoms with van der Waals surface area (Å²) in [6, 6.07) is 15.6. The van der Waals surface area contributed by atoms with Crippen molar-refractivity contribution in [1.29, 1.82) is 0 Å². The third-order valence-electron chi connectivity index (χ3n) is 3.84. The zero-order chi connectivity index (χ0) is 18.4. The van der Waals surface area contributed by atoms with Crippen LogP contribution in [0.4, 0.5) is 4.39 Å². The zero-order valence-corrected chi connectivity index (χ0v) is 14.4. The molecule has 0 atom stereocenters. The molecule has 3 rings (SSSR count). The van der Waals surface area contributed by atoms with Gasteiger partial charge in [0.1, 0.15) is 17.0 Å². The lowest BCUT2D eigenvalue weighted by atomic mass is 10.1. The molecule has 1 amide bonds. The molecule has 0 aliphatic rings. The number of nitrogens with zero attached hydrogens (tertiary/aromatic N) is 1. The Bertz CT molecular complexity index is 878. The van der Waals surface area contributed by atoms with E-state index in [4.69, 9.17) is 9.26 Å². The monoisotopic (exact) mass is 354 g/mol. The molecule has 0 saturated carbocycles. The van der Waals surface area contributed by atoms with Gasteiger partial charge in [0.05, 0.1) is 6.61 Å². The van der Waals surface area contributed by atoms with Gasteiger partial charge in [-0.1, -0.05) is 47.6 Å². The van der Waals surface area contributed by atoms with E-state index in [1.54, 1.807) is 25.1 Å². The van der Waals surface area contributed by atoms with Gasteiger partial charge in [0, 0.05) is 12.1 Å². The van der Waals surface area contributed by atoms with Crippen molar-refractivity contribution in [1.82, 2.24) is 10.5 Å². The standard InChI is InChI=1S/C20H19FN2O3/c1-14-18(19(23-26-14)15-8-3-2-4-9-15)20(24)22-12-7-13-25-17-11-6-5-10-16(17)21/h2-6,8-11H,7,12-13H2,1H3,(H,22,24). The molecular formula is C20H19FN2O3. The third kappa shape index (κ3) is 4.08. The molecule has 0 aliphatic heterocycles. The van der Waals surface area contributed by atoms with Crippen molar-refractivity contribution in [2.75, 3.05) is 13.2 Å². The van der Waals surface area contributed by atoms with Crippen LogP contribution in [-0.4, -0.2) is 24.2 Å². The molecule has 0 aliphatic carbocycles. The number of rotatable bonds is 7. The van der Waals surface area contributed by atoms with Gasteiger partial charge >= 0.3 is 0 Å². The van der Waals surface area contributed by atoms with Crippen LogP contribution in [0.25, 0.3) is 11.3 Å². The van der Waals surface area contributed by atoms with E-state index in [0.29, 0.717) is 36.6 Å². The van der Waals surface area contributed by atoms with Gasteiger partial charge in [0.2, 0.25) is 0 Å². The van der Waals surface area contributed by atoms with E-state index >= 15 is 0 Å². The summed E-state index contributed by atoms with van der Waals surface area (Å²) in [6.45, 7) is 2.40. The number of aryl methyl sites for hydroxylation is 1. The first-order chi connectivity index (χ1) is 12.7. The minimum absolute atomic E-state index is 0.208. The Morgan fingerprint density at radius 3 is 2.65 bits per heavy atom. The van der Waals surface area contributed by atoms with Crippen LogP contribution in [0, 0.1) is 12.7 Å². The average molecular weight is 354 g/mol. The highest BCUT2D eigenvalue weighted by atomic mass is 19.1. The summed E-state index contributed by atoms with van der Waals surface area (Å²) in [5, 5.41) is 6.82. The number of hydrogen-bond acceptors (Lipinski definition) is 4. The summed E-state index contributed by atoms with van der Waals surface area (Å²) in [7, 11) is 0. The molecule has 0 fully saturated rings. The lowest BCUT2D eigenvalue weighted by Crippen LogP contribution is -2.26. The van der Waals surface area contributed by atoms with Crippen LogP contribution < -0.4 is 10.1 Å². The average Bonchev–Trinajstić information content (AvgIpc) is 3.05. The lowest BCUT2D eigenvalue weighted by Gasteiger charge is -2.08. The number of nitrogens with one attached hydrogen (secondary N) is 1. The quantitative estimate of drug-likeness (QED) is 0.652. The summed E-state index contributed by atoms with van der Waals surface area (Å²) in [5.41, 5.74) is 1.76. The highest BCUT2D eigenvalue weighted by molar-refractivity contribution is 6.00. The predicted octanol–water partition coefficient (Wildman–Crippen LogP) is 3.99. The van der Waals surface area contributed by atoms with Crippen LogP contribution in [0.2, 0.25) is 0 Å². The van der Waals surface area contributed by atoms with Crippen molar-refractivity contribution in [3.63, 3.8) is 0 Å². The van der Waals surface area contributed by atoms with Crippen LogP contribution in [0.3, 0.4) is 0 Å². The van der Waals surface area contributed by atoms with Gasteiger partial charge in [0.25, 0.3) is 5.91 Å². The molecule has 0 spiro atoms. The number of benzene rings is 2. The number of para-hydroxylation sites is 1. The Kier molecular flexibility index (Phi) is 5.63. The number of carbonyl (C=O) groups excluding carboxylic acids is 1. The number of hydrogen-bond donors (Lipinski definition) is 1. The summed E-state index contributed by atoms with van der Waals surface area (Å²) in [4.78, 5) is 12.5. The lowest BCUT2D eigenvalue weighted by molar-refractivity contribution is 0.0950. The van der Waals surface area contributed by atoms with Crippen molar-refractivity contribution in [2.24, 2.45) is 0 Å². The van der Waals surface area contributed by atoms with Crippen LogP contribution >= 0.6 is 0 Å². The highest BCUT2D eigenvalue weighted by Gasteiger charge is 2.21. The molecule has 0 bridgehead atoms. The fraction of sp³-hybridized carbons (Fsp3) is 0.200. The summed E-state index contributed by atoms with van der Waals surface area (Å²) >= 11 is 0. The third-order valence-corrected chi connectivity index (χ3v) is 3.84. The Labute approximate surface area is 150 Å². The minimum Gasteiger partial charge on any atom is -0.490 e. The van der Waals surface area contributed by atoms with Crippen LogP contribution in [0.1, 0.15) is 22.5 Å². The molecule has 3 aromatic rings. The molecule has 1 N–H and O–H groups in total. The SMILES string of the molecule is Cc1onc(-c2ccccc2)c1C(=O)NCCCOc1ccccc1F. The number of halogens is 1. The maximum absolute atomic E-state index is 13.5. The highest BCUT2D eigenvalue weighted by Crippen LogP contribution is 2.24. The van der Waals surface area contributed by atoms with Crippen molar-refractivity contribution >= 4 is 5.91 Å². The van der Waals surface area contributed by atoms with Gasteiger partial charge in [-0.2, -0.15) is 0 Å². The smallest absolute Gasteiger partial charge is 0.257 e. The minimum atomic E-state index is -0.399. The van der Waals surface area contributed by atoms with E-state index in [0.717, 1.165) is 5.56 Å². The van der Waals surface area contributed by atoms with Crippen molar-refractivity contribution in [3.05, 3.63) is 71.7 Å². The Morgan fingerprint density at radius 2 is 1.88 bits per heavy atom. The van der Waals surface area contributed by atoms with Crippen LogP contribution in [-0.2, 0) is 0 Å². The predicted molar refractivity (Wildman–Crippen MR) is 95.5 cm³/mol. The molecule has 6 heteroatoms. The van der Waals surface area contributed by atoms with Gasteiger partial charge in [-0.15, -0.1) is 0 Å². The Hall–Kier alpha value is -3.15. The second-order valence-corrected chi connectivity index (χ2v) is 5.72. The van der Waals surface area contributed by atoms with Crippen molar-refractivity contribution < 1.29 is 18.4 Å². The Balaban J connectivity index is 1.55. The molecule has 0 saturated heterocycles. The molecule has 1 aromatic heterocycles. The van der Waals surface area contributed by atoms with Gasteiger partial charge in [-0.3, -0.25) is 4.79 Å². The van der Waals surface area contributed by atoms with Crippen molar-refractivity contribution in [3.8, 4) is 17.0 Å². The maximum Gasteiger partial charge on any atom is 0.257 e. The fourth-order valence-corrected chi connectivity index (χ4v) is 2.54. The number of amides is 1. The number of ether oxygens (including phenoxy) is 1. The van der Waals surface area contributed by atoms with E-state index in [1.165, 1.54) is 6.07 Å². The van der Waals surface area contributed by atoms with Gasteiger partial charge in [-0.05, 0) is 25.5 Å². The molecular weight excluding hydrogens is 335 g/mol. The van der Waals surface area contributed by atoms with E-state index in [-0.39, 0.29) is 11.7 Å². The summed E-state index contributed by atoms with van der Waals surface area (Å²) in [6.07, 6.45) is 0.547. The van der Waals surface area contributed by atoms with Crippen molar-refractivity contribution in [2.45, 2.75) is 13.3 Å². The molecule has 134 valence electrons. The molecule has 26 heavy (non-hydrogen) atoms. The first kappa shape index (κ1) is 17.7. The largest absolute Gasteiger partial charge is 0.490 e. The topological polar surface area (TPSA) is 64.4 Å². The maximum atomic E-state index is 13.5. The van der Waals surface area contributed by atoms with Crippen LogP contribution in [0.15, 0.2) is 59.1 Å². The van der Waals surface area contributed by atoms with E-state index in [9.17, 15) is 9.18 Å². The second kappa shape index (κ2) is 8.29. The first-order valence-electron chi connectivity index (χ1n) is 8.34. The van der Waals surface area contributed by atoms with Crippen LogP contribution in [0.5, 0.6) is 5.75 Å². The van der Waals surface area contributed by atoms with E-state index in [2.05, 4.69) is 10.5 Å². The molecule has 0 radical (unpaired) electrons. The van der Waals surface area contributed by atoms with Gasteiger partial charge < -0.3 is 14.6 Å². The fourth-order valence-electron chi connectivity index (χ4n) is 2.54. The van der Waals surface area contributed by atoms with Gasteiger partial charge in [-0.25, -0.2) is 4.39 Å². The molecule has 0 unspecified atom stereocenters. The summed E-state index contributed by atoms with van der Waals surface area (Å²) in [5.74, 6) is 0.0154. The zero-order valence-electron chi connectivity index (χ0n) is 14.4. The second-order valence-electron chi connectivity index (χ2n) is 5.72. The number of aromatic nitrogens is 1. The molecule has 2 aromatic carbocycles. The van der Waals surface area contributed by atoms with E-state index in [1.807, 2.05) is 30.3 Å². The molecule has 1 heterocycles. The van der Waals surface area contributed by atoms with E-state index < -0.39 is 5.82 Å².